The molecule has 0 radical (unpaired) electrons. The lowest BCUT2D eigenvalue weighted by molar-refractivity contribution is -0.115. The molecule has 3 heterocycles. The number of hydrogen-bond donors (Lipinski definition) is 1. The van der Waals surface area contributed by atoms with E-state index < -0.39 is 0 Å². The van der Waals surface area contributed by atoms with E-state index in [1.54, 1.807) is 25.6 Å². The maximum Gasteiger partial charge on any atom is 0.263 e. The molecule has 138 valence electrons. The molecule has 0 unspecified atom stereocenters. The summed E-state index contributed by atoms with van der Waals surface area (Å²) in [5.74, 6) is 7.42. The number of furan rings is 1. The van der Waals surface area contributed by atoms with Gasteiger partial charge < -0.3 is 14.5 Å². The van der Waals surface area contributed by atoms with Gasteiger partial charge in [0.2, 0.25) is 0 Å². The predicted molar refractivity (Wildman–Crippen MR) is 114 cm³/mol. The van der Waals surface area contributed by atoms with Gasteiger partial charge in [-0.3, -0.25) is 9.78 Å². The number of amides is 1. The molecule has 1 saturated heterocycles. The molecule has 1 fully saturated rings. The van der Waals surface area contributed by atoms with E-state index in [9.17, 15) is 4.79 Å². The van der Waals surface area contributed by atoms with Crippen molar-refractivity contribution in [2.24, 2.45) is 0 Å². The molecule has 7 heteroatoms. The lowest BCUT2D eigenvalue weighted by Crippen LogP contribution is -2.17. The van der Waals surface area contributed by atoms with Gasteiger partial charge in [-0.25, -0.2) is 0 Å². The lowest BCUT2D eigenvalue weighted by Gasteiger charge is -2.02. The molecule has 0 saturated carbocycles. The van der Waals surface area contributed by atoms with Crippen molar-refractivity contribution in [3.63, 3.8) is 0 Å². The van der Waals surface area contributed by atoms with Crippen molar-refractivity contribution < 1.29 is 13.9 Å². The summed E-state index contributed by atoms with van der Waals surface area (Å²) in [4.78, 5) is 16.6. The lowest BCUT2D eigenvalue weighted by atomic mass is 10.1. The first-order chi connectivity index (χ1) is 13.5. The van der Waals surface area contributed by atoms with Gasteiger partial charge in [0.05, 0.1) is 17.6 Å². The summed E-state index contributed by atoms with van der Waals surface area (Å²) in [6.07, 6.45) is 5.04. The molecule has 1 aromatic carbocycles. The number of ether oxygens (including phenoxy) is 1. The fourth-order valence-electron chi connectivity index (χ4n) is 2.73. The number of thioether (sulfide) groups is 1. The van der Waals surface area contributed by atoms with Crippen LogP contribution in [-0.2, 0) is 4.79 Å². The van der Waals surface area contributed by atoms with Crippen LogP contribution in [0.25, 0.3) is 17.0 Å². The third kappa shape index (κ3) is 3.65. The summed E-state index contributed by atoms with van der Waals surface area (Å²) >= 11 is 6.22. The Morgan fingerprint density at radius 2 is 2.07 bits per heavy atom. The van der Waals surface area contributed by atoms with E-state index in [-0.39, 0.29) is 5.91 Å². The third-order valence-electron chi connectivity index (χ3n) is 4.12. The SMILES string of the molecule is COc1ccc(C#Cc2cncc3cc(/C=C4\SC(=S)NC4=O)oc23)c(C)c1. The highest BCUT2D eigenvalue weighted by atomic mass is 32.2. The van der Waals surface area contributed by atoms with E-state index in [1.165, 1.54) is 11.8 Å². The third-order valence-corrected chi connectivity index (χ3v) is 5.29. The van der Waals surface area contributed by atoms with Crippen molar-refractivity contribution in [3.05, 3.63) is 64.0 Å². The average molecular weight is 406 g/mol. The zero-order valence-corrected chi connectivity index (χ0v) is 16.7. The van der Waals surface area contributed by atoms with Gasteiger partial charge in [-0.1, -0.05) is 35.8 Å². The van der Waals surface area contributed by atoms with E-state index in [2.05, 4.69) is 22.1 Å². The maximum absolute atomic E-state index is 11.8. The standard InChI is InChI=1S/C21H14N2O3S2/c1-12-7-16(25-2)6-5-13(12)3-4-14-10-22-11-15-8-17(26-19(14)15)9-18-20(24)23-21(27)28-18/h5-11H,1-2H3,(H,23,24,27)/b18-9-. The maximum atomic E-state index is 11.8. The molecule has 5 nitrogen and oxygen atoms in total. The number of thiocarbonyl (C=S) groups is 1. The minimum Gasteiger partial charge on any atom is -0.497 e. The van der Waals surface area contributed by atoms with E-state index >= 15 is 0 Å². The summed E-state index contributed by atoms with van der Waals surface area (Å²) in [5, 5.41) is 3.40. The molecule has 1 aliphatic heterocycles. The van der Waals surface area contributed by atoms with E-state index in [0.717, 1.165) is 22.3 Å². The number of fused-ring (bicyclic) bond motifs is 1. The molecule has 3 aromatic rings. The number of benzene rings is 1. The van der Waals surface area contributed by atoms with Crippen molar-refractivity contribution >= 4 is 51.3 Å². The Bertz CT molecular complexity index is 1220. The summed E-state index contributed by atoms with van der Waals surface area (Å²) in [7, 11) is 1.64. The van der Waals surface area contributed by atoms with Crippen molar-refractivity contribution in [1.82, 2.24) is 10.3 Å². The number of rotatable bonds is 2. The first-order valence-electron chi connectivity index (χ1n) is 8.32. The molecular formula is C21H14N2O3S2. The fraction of sp³-hybridized carbons (Fsp3) is 0.0952. The number of hydrogen-bond acceptors (Lipinski definition) is 6. The second-order valence-electron chi connectivity index (χ2n) is 6.04. The van der Waals surface area contributed by atoms with Gasteiger partial charge in [-0.15, -0.1) is 0 Å². The Morgan fingerprint density at radius 3 is 2.79 bits per heavy atom. The zero-order valence-electron chi connectivity index (χ0n) is 15.0. The normalized spacial score (nSPS) is 14.9. The van der Waals surface area contributed by atoms with Crippen LogP contribution in [0.5, 0.6) is 5.75 Å². The highest BCUT2D eigenvalue weighted by Crippen LogP contribution is 2.29. The molecule has 0 bridgehead atoms. The first kappa shape index (κ1) is 18.3. The number of carbonyl (C=O) groups excluding carboxylic acids is 1. The molecule has 0 spiro atoms. The monoisotopic (exact) mass is 406 g/mol. The van der Waals surface area contributed by atoms with E-state index in [1.807, 2.05) is 31.2 Å². The average Bonchev–Trinajstić information content (AvgIpc) is 3.23. The quantitative estimate of drug-likeness (QED) is 0.394. The number of aromatic nitrogens is 1. The summed E-state index contributed by atoms with van der Waals surface area (Å²) in [5.41, 5.74) is 3.24. The van der Waals surface area contributed by atoms with Crippen LogP contribution in [0, 0.1) is 18.8 Å². The zero-order chi connectivity index (χ0) is 19.7. The Labute approximate surface area is 171 Å². The Morgan fingerprint density at radius 1 is 1.25 bits per heavy atom. The largest absolute Gasteiger partial charge is 0.497 e. The molecule has 1 amide bonds. The first-order valence-corrected chi connectivity index (χ1v) is 9.55. The molecule has 4 rings (SSSR count). The number of nitrogens with one attached hydrogen (secondary N) is 1. The van der Waals surface area contributed by atoms with Crippen LogP contribution in [0.4, 0.5) is 0 Å². The van der Waals surface area contributed by atoms with Crippen LogP contribution in [-0.4, -0.2) is 22.3 Å². The molecular weight excluding hydrogens is 392 g/mol. The van der Waals surface area contributed by atoms with Gasteiger partial charge in [0, 0.05) is 29.4 Å². The Hall–Kier alpha value is -3.08. The summed E-state index contributed by atoms with van der Waals surface area (Å²) in [6, 6.07) is 7.57. The number of nitrogens with zero attached hydrogens (tertiary/aromatic N) is 1. The number of aryl methyl sites for hydroxylation is 1. The minimum absolute atomic E-state index is 0.219. The van der Waals surface area contributed by atoms with Crippen LogP contribution in [0.3, 0.4) is 0 Å². The number of pyridine rings is 1. The number of carbonyl (C=O) groups is 1. The number of methoxy groups -OCH3 is 1. The molecule has 1 aliphatic rings. The highest BCUT2D eigenvalue weighted by Gasteiger charge is 2.22. The van der Waals surface area contributed by atoms with E-state index in [0.29, 0.717) is 26.1 Å². The van der Waals surface area contributed by atoms with Crippen LogP contribution >= 0.6 is 24.0 Å². The van der Waals surface area contributed by atoms with E-state index in [4.69, 9.17) is 21.4 Å². The molecule has 2 aromatic heterocycles. The molecule has 1 N–H and O–H groups in total. The van der Waals surface area contributed by atoms with Gasteiger partial charge in [-0.05, 0) is 36.8 Å². The van der Waals surface area contributed by atoms with Crippen molar-refractivity contribution in [2.45, 2.75) is 6.92 Å². The molecule has 0 atom stereocenters. The summed E-state index contributed by atoms with van der Waals surface area (Å²) < 4.78 is 11.6. The Kier molecular flexibility index (Phi) is 4.90. The van der Waals surface area contributed by atoms with Crippen LogP contribution < -0.4 is 10.1 Å². The predicted octanol–water partition coefficient (Wildman–Crippen LogP) is 4.03. The van der Waals surface area contributed by atoms with Crippen LogP contribution in [0.1, 0.15) is 22.5 Å². The second-order valence-corrected chi connectivity index (χ2v) is 7.76. The van der Waals surface area contributed by atoms with Gasteiger partial charge in [0.15, 0.2) is 5.58 Å². The van der Waals surface area contributed by atoms with Gasteiger partial charge in [0.25, 0.3) is 5.91 Å². The summed E-state index contributed by atoms with van der Waals surface area (Å²) in [6.45, 7) is 1.98. The van der Waals surface area contributed by atoms with Gasteiger partial charge in [-0.2, -0.15) is 0 Å². The molecule has 0 aliphatic carbocycles. The topological polar surface area (TPSA) is 64.4 Å². The molecule has 28 heavy (non-hydrogen) atoms. The second kappa shape index (κ2) is 7.50. The minimum atomic E-state index is -0.219. The van der Waals surface area contributed by atoms with Crippen LogP contribution in [0.15, 0.2) is 46.0 Å². The smallest absolute Gasteiger partial charge is 0.263 e. The van der Waals surface area contributed by atoms with Crippen molar-refractivity contribution in [3.8, 4) is 17.6 Å². The van der Waals surface area contributed by atoms with Crippen LogP contribution in [0.2, 0.25) is 0 Å². The van der Waals surface area contributed by atoms with Gasteiger partial charge >= 0.3 is 0 Å². The fourth-order valence-corrected chi connectivity index (χ4v) is 3.75. The highest BCUT2D eigenvalue weighted by molar-refractivity contribution is 8.26. The van der Waals surface area contributed by atoms with Crippen molar-refractivity contribution in [1.29, 1.82) is 0 Å². The van der Waals surface area contributed by atoms with Gasteiger partial charge in [0.1, 0.15) is 15.8 Å². The van der Waals surface area contributed by atoms with Crippen molar-refractivity contribution in [2.75, 3.05) is 7.11 Å². The Balaban J connectivity index is 1.70.